The van der Waals surface area contributed by atoms with E-state index < -0.39 is 11.9 Å². The van der Waals surface area contributed by atoms with Gasteiger partial charge in [-0.05, 0) is 44.2 Å². The summed E-state index contributed by atoms with van der Waals surface area (Å²) in [6, 6.07) is 9.72. The third-order valence-electron chi connectivity index (χ3n) is 8.01. The van der Waals surface area contributed by atoms with Gasteiger partial charge in [-0.1, -0.05) is 0 Å². The van der Waals surface area contributed by atoms with Crippen LogP contribution in [0.3, 0.4) is 0 Å². The third kappa shape index (κ3) is 7.80. The Balaban J connectivity index is 1.43. The van der Waals surface area contributed by atoms with Crippen LogP contribution >= 0.6 is 0 Å². The highest BCUT2D eigenvalue weighted by molar-refractivity contribution is 5.90. The highest BCUT2D eigenvalue weighted by Crippen LogP contribution is 2.32. The Morgan fingerprint density at radius 1 is 0.957 bits per heavy atom. The van der Waals surface area contributed by atoms with Crippen LogP contribution in [0.2, 0.25) is 0 Å². The lowest BCUT2D eigenvalue weighted by Gasteiger charge is -2.37. The van der Waals surface area contributed by atoms with E-state index in [1.54, 1.807) is 6.07 Å². The fraction of sp³-hybridized carbons (Fsp3) is 0.500. The summed E-state index contributed by atoms with van der Waals surface area (Å²) in [6.07, 6.45) is -0.107. The second-order valence-corrected chi connectivity index (χ2v) is 11.3. The van der Waals surface area contributed by atoms with E-state index in [1.807, 2.05) is 24.3 Å². The highest BCUT2D eigenvalue weighted by atomic mass is 16.5. The first-order valence-corrected chi connectivity index (χ1v) is 15.2. The molecule has 2 atom stereocenters. The van der Waals surface area contributed by atoms with Crippen molar-refractivity contribution in [3.8, 4) is 17.0 Å². The fourth-order valence-electron chi connectivity index (χ4n) is 5.58. The van der Waals surface area contributed by atoms with E-state index in [9.17, 15) is 14.4 Å². The van der Waals surface area contributed by atoms with Gasteiger partial charge in [-0.25, -0.2) is 4.98 Å². The largest absolute Gasteiger partial charge is 0.496 e. The normalized spacial score (nSPS) is 18.3. The molecule has 0 spiro atoms. The fourth-order valence-corrected chi connectivity index (χ4v) is 5.58. The molecule has 0 saturated carbocycles. The summed E-state index contributed by atoms with van der Waals surface area (Å²) in [4.78, 5) is 53.2. The van der Waals surface area contributed by atoms with Gasteiger partial charge in [-0.15, -0.1) is 0 Å². The SMILES string of the molecule is COc1ccc(-c2ccc3c(N4CCOC[C@H]4C)nc(N4CCOC[C@H]4C)nc3n2)cc1COC(=O)CC(COC=O)COC=O. The zero-order valence-corrected chi connectivity index (χ0v) is 26.3. The van der Waals surface area contributed by atoms with Crippen LogP contribution in [0.25, 0.3) is 22.3 Å². The molecule has 5 rings (SSSR count). The quantitative estimate of drug-likeness (QED) is 0.145. The van der Waals surface area contributed by atoms with Gasteiger partial charge in [0.1, 0.15) is 18.2 Å². The predicted octanol–water partition coefficient (Wildman–Crippen LogP) is 2.55. The first kappa shape index (κ1) is 32.8. The number of anilines is 2. The number of ether oxygens (including phenoxy) is 6. The zero-order valence-electron chi connectivity index (χ0n) is 26.3. The van der Waals surface area contributed by atoms with Crippen molar-refractivity contribution < 1.29 is 42.8 Å². The molecule has 46 heavy (non-hydrogen) atoms. The number of rotatable bonds is 14. The molecule has 0 radical (unpaired) electrons. The van der Waals surface area contributed by atoms with Crippen molar-refractivity contribution in [2.75, 3.05) is 69.6 Å². The highest BCUT2D eigenvalue weighted by Gasteiger charge is 2.28. The minimum Gasteiger partial charge on any atom is -0.496 e. The molecule has 2 fully saturated rings. The Labute approximate surface area is 266 Å². The average Bonchev–Trinajstić information content (AvgIpc) is 3.08. The second kappa shape index (κ2) is 15.6. The lowest BCUT2D eigenvalue weighted by Crippen LogP contribution is -2.46. The Kier molecular flexibility index (Phi) is 11.2. The minimum atomic E-state index is -0.545. The molecule has 0 bridgehead atoms. The molecule has 1 aromatic carbocycles. The predicted molar refractivity (Wildman–Crippen MR) is 167 cm³/mol. The summed E-state index contributed by atoms with van der Waals surface area (Å²) < 4.78 is 31.9. The van der Waals surface area contributed by atoms with Crippen molar-refractivity contribution in [2.24, 2.45) is 5.92 Å². The van der Waals surface area contributed by atoms with Crippen LogP contribution in [0.15, 0.2) is 30.3 Å². The van der Waals surface area contributed by atoms with Gasteiger partial charge in [-0.2, -0.15) is 9.97 Å². The maximum Gasteiger partial charge on any atom is 0.306 e. The molecule has 2 aliphatic heterocycles. The number of hydrogen-bond donors (Lipinski definition) is 0. The molecular weight excluding hydrogens is 598 g/mol. The molecule has 0 aliphatic carbocycles. The summed E-state index contributed by atoms with van der Waals surface area (Å²) >= 11 is 0. The number of aromatic nitrogens is 3. The van der Waals surface area contributed by atoms with Crippen molar-refractivity contribution in [3.63, 3.8) is 0 Å². The van der Waals surface area contributed by atoms with Gasteiger partial charge in [-0.3, -0.25) is 14.4 Å². The maximum atomic E-state index is 12.6. The lowest BCUT2D eigenvalue weighted by atomic mass is 10.1. The van der Waals surface area contributed by atoms with Gasteiger partial charge < -0.3 is 38.2 Å². The monoisotopic (exact) mass is 637 g/mol. The van der Waals surface area contributed by atoms with E-state index in [2.05, 4.69) is 23.6 Å². The van der Waals surface area contributed by atoms with Crippen LogP contribution in [-0.4, -0.2) is 106 Å². The standard InChI is InChI=1S/C32H39N5O9/c1-21-14-42-10-8-36(21)31-26-5-6-27(33-30(26)34-32(35-31)37-9-11-43-15-22(37)2)24-4-7-28(41-3)25(13-24)18-46-29(40)12-23(16-44-19-38)17-45-20-39/h4-7,13,19-23H,8-12,14-18H2,1-3H3/t21-,22-/m1/s1. The molecule has 14 nitrogen and oxygen atoms in total. The molecule has 14 heteroatoms. The minimum absolute atomic E-state index is 0.0699. The van der Waals surface area contributed by atoms with Crippen molar-refractivity contribution >= 4 is 41.7 Å². The Bertz CT molecular complexity index is 1510. The van der Waals surface area contributed by atoms with E-state index >= 15 is 0 Å². The number of esters is 1. The van der Waals surface area contributed by atoms with Crippen LogP contribution in [0.4, 0.5) is 11.8 Å². The zero-order chi connectivity index (χ0) is 32.5. The number of carbonyl (C=O) groups excluding carboxylic acids is 3. The number of nitrogens with zero attached hydrogens (tertiary/aromatic N) is 5. The first-order chi connectivity index (χ1) is 22.4. The number of pyridine rings is 1. The summed E-state index contributed by atoms with van der Waals surface area (Å²) in [5.41, 5.74) is 2.67. The molecule has 2 saturated heterocycles. The Morgan fingerprint density at radius 3 is 2.30 bits per heavy atom. The molecule has 0 unspecified atom stereocenters. The van der Waals surface area contributed by atoms with E-state index in [1.165, 1.54) is 7.11 Å². The number of morpholine rings is 2. The molecule has 2 aliphatic rings. The van der Waals surface area contributed by atoms with Crippen molar-refractivity contribution in [1.82, 2.24) is 15.0 Å². The first-order valence-electron chi connectivity index (χ1n) is 15.2. The molecule has 246 valence electrons. The number of methoxy groups -OCH3 is 1. The van der Waals surface area contributed by atoms with Gasteiger partial charge in [0.15, 0.2) is 5.65 Å². The average molecular weight is 638 g/mol. The Hall–Kier alpha value is -4.56. The van der Waals surface area contributed by atoms with Crippen LogP contribution in [0.1, 0.15) is 25.8 Å². The summed E-state index contributed by atoms with van der Waals surface area (Å²) in [5, 5.41) is 0.844. The number of hydrogen-bond acceptors (Lipinski definition) is 14. The number of carbonyl (C=O) groups is 3. The van der Waals surface area contributed by atoms with Crippen LogP contribution in [0, 0.1) is 5.92 Å². The van der Waals surface area contributed by atoms with Crippen molar-refractivity contribution in [2.45, 2.75) is 39.0 Å². The van der Waals surface area contributed by atoms with E-state index in [0.717, 1.165) is 16.8 Å². The molecule has 0 N–H and O–H groups in total. The number of benzene rings is 1. The van der Waals surface area contributed by atoms with Gasteiger partial charge in [0.25, 0.3) is 12.9 Å². The summed E-state index contributed by atoms with van der Waals surface area (Å²) in [5.74, 6) is 0.898. The van der Waals surface area contributed by atoms with E-state index in [4.69, 9.17) is 43.4 Å². The van der Waals surface area contributed by atoms with Crippen LogP contribution in [0.5, 0.6) is 5.75 Å². The van der Waals surface area contributed by atoms with Crippen LogP contribution < -0.4 is 14.5 Å². The summed E-state index contributed by atoms with van der Waals surface area (Å²) in [6.45, 7) is 8.34. The van der Waals surface area contributed by atoms with Gasteiger partial charge in [0.2, 0.25) is 5.95 Å². The lowest BCUT2D eigenvalue weighted by molar-refractivity contribution is -0.149. The summed E-state index contributed by atoms with van der Waals surface area (Å²) in [7, 11) is 1.54. The molecule has 0 amide bonds. The van der Waals surface area contributed by atoms with E-state index in [0.29, 0.717) is 68.1 Å². The van der Waals surface area contributed by atoms with Gasteiger partial charge >= 0.3 is 5.97 Å². The maximum absolute atomic E-state index is 12.6. The molecule has 3 aromatic rings. The second-order valence-electron chi connectivity index (χ2n) is 11.3. The smallest absolute Gasteiger partial charge is 0.306 e. The van der Waals surface area contributed by atoms with Gasteiger partial charge in [0.05, 0.1) is 76.3 Å². The molecule has 2 aromatic heterocycles. The number of fused-ring (bicyclic) bond motifs is 1. The Morgan fingerprint density at radius 2 is 1.65 bits per heavy atom. The van der Waals surface area contributed by atoms with Gasteiger partial charge in [0, 0.05) is 30.1 Å². The van der Waals surface area contributed by atoms with E-state index in [-0.39, 0.29) is 51.3 Å². The molecular formula is C32H39N5O9. The van der Waals surface area contributed by atoms with Crippen molar-refractivity contribution in [3.05, 3.63) is 35.9 Å². The molecule has 4 heterocycles. The van der Waals surface area contributed by atoms with Crippen LogP contribution in [-0.2, 0) is 44.7 Å². The topological polar surface area (TPSA) is 152 Å². The third-order valence-corrected chi connectivity index (χ3v) is 8.01. The van der Waals surface area contributed by atoms with Crippen molar-refractivity contribution in [1.29, 1.82) is 0 Å².